The first-order valence-electron chi connectivity index (χ1n) is 14.8. The smallest absolute Gasteiger partial charge is 0.393 e. The molecular formula is C29H37F2N6O8P. The van der Waals surface area contributed by atoms with Gasteiger partial charge in [0.25, 0.3) is 5.91 Å². The van der Waals surface area contributed by atoms with Gasteiger partial charge in [-0.25, -0.2) is 13.9 Å². The number of ether oxygens (including phenoxy) is 1. The molecule has 0 radical (unpaired) electrons. The number of rotatable bonds is 11. The van der Waals surface area contributed by atoms with E-state index in [1.807, 2.05) is 0 Å². The van der Waals surface area contributed by atoms with Gasteiger partial charge in [0.05, 0.1) is 5.56 Å². The zero-order valence-electron chi connectivity index (χ0n) is 25.6. The van der Waals surface area contributed by atoms with Gasteiger partial charge in [-0.2, -0.15) is 8.78 Å². The summed E-state index contributed by atoms with van der Waals surface area (Å²) in [5, 5.41) is 8.71. The number of primary amides is 1. The van der Waals surface area contributed by atoms with Crippen LogP contribution in [0.25, 0.3) is 10.9 Å². The molecule has 2 aromatic rings. The molecule has 0 aliphatic carbocycles. The van der Waals surface area contributed by atoms with Crippen molar-refractivity contribution < 1.29 is 46.6 Å². The molecule has 0 bridgehead atoms. The van der Waals surface area contributed by atoms with Crippen LogP contribution in [0.3, 0.4) is 0 Å². The molecule has 250 valence electrons. The number of H-pyrrole nitrogens is 1. The molecule has 2 aliphatic heterocycles. The van der Waals surface area contributed by atoms with Crippen LogP contribution in [0.5, 0.6) is 0 Å². The molecule has 17 heteroatoms. The van der Waals surface area contributed by atoms with Gasteiger partial charge in [0.2, 0.25) is 17.7 Å². The highest BCUT2D eigenvalue weighted by Gasteiger charge is 2.45. The average Bonchev–Trinajstić information content (AvgIpc) is 3.58. The minimum Gasteiger partial charge on any atom is -0.458 e. The van der Waals surface area contributed by atoms with Crippen molar-refractivity contribution in [2.24, 2.45) is 5.73 Å². The molecular weight excluding hydrogens is 629 g/mol. The van der Waals surface area contributed by atoms with E-state index in [1.54, 1.807) is 20.8 Å². The molecule has 1 aromatic carbocycles. The third-order valence-electron chi connectivity index (χ3n) is 7.71. The average molecular weight is 667 g/mol. The Morgan fingerprint density at radius 3 is 2.57 bits per heavy atom. The summed E-state index contributed by atoms with van der Waals surface area (Å²) in [5.74, 6) is -3.20. The number of nitrogens with one attached hydrogen (secondary N) is 4. The summed E-state index contributed by atoms with van der Waals surface area (Å²) in [6.07, 6.45) is -2.71. The third-order valence-corrected chi connectivity index (χ3v) is 8.01. The first kappa shape index (κ1) is 34.9. The lowest BCUT2D eigenvalue weighted by Crippen LogP contribution is -2.61. The number of carbonyl (C=O) groups excluding carboxylic acids is 5. The maximum atomic E-state index is 14.1. The van der Waals surface area contributed by atoms with Crippen LogP contribution >= 0.6 is 8.69 Å². The van der Waals surface area contributed by atoms with E-state index in [4.69, 9.17) is 10.5 Å². The van der Waals surface area contributed by atoms with Crippen molar-refractivity contribution in [2.75, 3.05) is 13.1 Å². The van der Waals surface area contributed by atoms with Crippen LogP contribution in [-0.2, 0) is 39.1 Å². The fraction of sp³-hybridized carbons (Fsp3) is 0.552. The molecule has 3 heterocycles. The Morgan fingerprint density at radius 1 is 1.15 bits per heavy atom. The molecule has 4 amide bonds. The van der Waals surface area contributed by atoms with Crippen molar-refractivity contribution in [3.8, 4) is 0 Å². The third kappa shape index (κ3) is 8.42. The molecule has 0 saturated carbocycles. The van der Waals surface area contributed by atoms with Crippen LogP contribution in [0.4, 0.5) is 8.78 Å². The summed E-state index contributed by atoms with van der Waals surface area (Å²) in [5.41, 5.74) is 4.20. The predicted octanol–water partition coefficient (Wildman–Crippen LogP) is 1.98. The number of esters is 1. The van der Waals surface area contributed by atoms with E-state index in [-0.39, 0.29) is 36.5 Å². The number of nitrogens with two attached hydrogens (primary N) is 1. The van der Waals surface area contributed by atoms with Crippen molar-refractivity contribution in [3.05, 3.63) is 35.5 Å². The van der Waals surface area contributed by atoms with Crippen molar-refractivity contribution in [1.29, 1.82) is 0 Å². The van der Waals surface area contributed by atoms with Gasteiger partial charge in [-0.3, -0.25) is 19.2 Å². The predicted molar refractivity (Wildman–Crippen MR) is 159 cm³/mol. The number of amides is 4. The molecule has 4 atom stereocenters. The van der Waals surface area contributed by atoms with Crippen LogP contribution in [0.15, 0.2) is 24.3 Å². The van der Waals surface area contributed by atoms with Crippen LogP contribution in [-0.4, -0.2) is 82.3 Å². The summed E-state index contributed by atoms with van der Waals surface area (Å²) in [7, 11) is -1.20. The highest BCUT2D eigenvalue weighted by atomic mass is 31.1. The summed E-state index contributed by atoms with van der Waals surface area (Å²) in [4.78, 5) is 69.2. The van der Waals surface area contributed by atoms with Crippen LogP contribution in [0.2, 0.25) is 0 Å². The highest BCUT2D eigenvalue weighted by Crippen LogP contribution is 2.34. The van der Waals surface area contributed by atoms with E-state index in [1.165, 1.54) is 17.0 Å². The van der Waals surface area contributed by atoms with Crippen LogP contribution < -0.4 is 21.7 Å². The summed E-state index contributed by atoms with van der Waals surface area (Å²) < 4.78 is 48.1. The molecule has 0 spiro atoms. The number of halogens is 2. The molecule has 6 N–H and O–H groups in total. The number of nitrogens with zero attached hydrogens (tertiary/aromatic N) is 1. The van der Waals surface area contributed by atoms with E-state index in [0.29, 0.717) is 31.3 Å². The molecule has 0 unspecified atom stereocenters. The van der Waals surface area contributed by atoms with Gasteiger partial charge in [0.15, 0.2) is 0 Å². The van der Waals surface area contributed by atoms with E-state index in [0.717, 1.165) is 12.1 Å². The van der Waals surface area contributed by atoms with E-state index in [2.05, 4.69) is 25.5 Å². The Kier molecular flexibility index (Phi) is 10.7. The molecule has 1 aromatic heterocycles. The fourth-order valence-electron chi connectivity index (χ4n) is 5.60. The number of aromatic amines is 1. The zero-order chi connectivity index (χ0) is 33.8. The second-order valence-corrected chi connectivity index (χ2v) is 12.6. The lowest BCUT2D eigenvalue weighted by Gasteiger charge is -2.35. The Balaban J connectivity index is 1.51. The number of carbonyl (C=O) groups is 5. The van der Waals surface area contributed by atoms with Gasteiger partial charge in [-0.15, -0.1) is 0 Å². The number of benzene rings is 1. The number of hydrogen-bond donors (Lipinski definition) is 5. The van der Waals surface area contributed by atoms with Gasteiger partial charge in [-0.1, -0.05) is 0 Å². The van der Waals surface area contributed by atoms with Gasteiger partial charge >= 0.3 is 20.8 Å². The number of hydrogen-bond acceptors (Lipinski definition) is 9. The molecule has 2 saturated heterocycles. The Hall–Kier alpha value is -4.01. The van der Waals surface area contributed by atoms with E-state index >= 15 is 0 Å². The maximum absolute atomic E-state index is 14.1. The second-order valence-electron chi connectivity index (χ2n) is 12.3. The molecule has 4 rings (SSSR count). The van der Waals surface area contributed by atoms with Crippen LogP contribution in [0, 0.1) is 0 Å². The number of fused-ring (bicyclic) bond motifs is 2. The largest absolute Gasteiger partial charge is 0.458 e. The van der Waals surface area contributed by atoms with Gasteiger partial charge < -0.3 is 36.3 Å². The fourth-order valence-corrected chi connectivity index (χ4v) is 5.80. The van der Waals surface area contributed by atoms with Gasteiger partial charge in [0.1, 0.15) is 29.4 Å². The van der Waals surface area contributed by atoms with E-state index in [9.17, 15) is 37.3 Å². The Morgan fingerprint density at radius 2 is 1.89 bits per heavy atom. The SMILES string of the molecule is CC(C)(C)OC(=O)[C@H](CCC(N)=O)NC(=O)[C@@H]1CC[C@@H]2CCNC[C@H](NC(=O)c3cc4cc(C(F)(F)OP=O)ccc4[nH]3)C(=O)N21. The maximum Gasteiger partial charge on any atom is 0.393 e. The lowest BCUT2D eigenvalue weighted by molar-refractivity contribution is -0.178. The van der Waals surface area contributed by atoms with Gasteiger partial charge in [0, 0.05) is 29.9 Å². The Labute approximate surface area is 264 Å². The standard InChI is InChI=1S/C29H37F2N6O8P/c1-28(2,3)44-27(42)19(7-9-23(32)38)35-25(40)22-8-5-17-10-11-33-14-21(26(41)37(17)22)36-24(39)20-13-15-12-16(4-6-18(15)34-20)29(30,31)45-46-43/h4,6,12-13,17,19,21-22,33-34H,5,7-11,14H2,1-3H3,(H2,32,38)(H,35,40)(H,36,39)/t17-,19+,21+,22+/m1/s1. The topological polar surface area (TPSA) is 202 Å². The molecule has 2 aliphatic rings. The zero-order valence-corrected chi connectivity index (χ0v) is 26.5. The molecule has 14 nitrogen and oxygen atoms in total. The minimum absolute atomic E-state index is 0.00453. The Bertz CT molecular complexity index is 1510. The van der Waals surface area contributed by atoms with Crippen molar-refractivity contribution in [2.45, 2.75) is 88.8 Å². The van der Waals surface area contributed by atoms with Crippen molar-refractivity contribution in [3.63, 3.8) is 0 Å². The van der Waals surface area contributed by atoms with Crippen molar-refractivity contribution >= 4 is 49.2 Å². The number of alkyl halides is 2. The summed E-state index contributed by atoms with van der Waals surface area (Å²) in [6, 6.07) is 1.27. The molecule has 46 heavy (non-hydrogen) atoms. The molecule has 2 fully saturated rings. The summed E-state index contributed by atoms with van der Waals surface area (Å²) >= 11 is 0. The first-order chi connectivity index (χ1) is 21.6. The monoisotopic (exact) mass is 666 g/mol. The quantitative estimate of drug-likeness (QED) is 0.176. The van der Waals surface area contributed by atoms with Crippen LogP contribution in [0.1, 0.15) is 68.9 Å². The normalized spacial score (nSPS) is 21.3. The van der Waals surface area contributed by atoms with Gasteiger partial charge in [-0.05, 0) is 77.3 Å². The highest BCUT2D eigenvalue weighted by molar-refractivity contribution is 7.17. The summed E-state index contributed by atoms with van der Waals surface area (Å²) in [6.45, 7) is 5.56. The van der Waals surface area contributed by atoms with E-state index < -0.39 is 73.7 Å². The van der Waals surface area contributed by atoms with Crippen molar-refractivity contribution in [1.82, 2.24) is 25.8 Å². The minimum atomic E-state index is -3.82. The first-order valence-corrected chi connectivity index (χ1v) is 15.5. The second kappa shape index (κ2) is 14.2. The number of aromatic nitrogens is 1. The lowest BCUT2D eigenvalue weighted by atomic mass is 10.1.